The van der Waals surface area contributed by atoms with E-state index in [0.29, 0.717) is 11.8 Å². The van der Waals surface area contributed by atoms with E-state index in [0.717, 1.165) is 0 Å². The molecule has 0 rings (SSSR count). The van der Waals surface area contributed by atoms with Crippen LogP contribution in [0.25, 0.3) is 0 Å². The molecule has 0 aliphatic carbocycles. The number of halogens is 4. The monoisotopic (exact) mass is 274 g/mol. The van der Waals surface area contributed by atoms with Gasteiger partial charge >= 0.3 is 0 Å². The van der Waals surface area contributed by atoms with Crippen LogP contribution >= 0.6 is 46.4 Å². The van der Waals surface area contributed by atoms with E-state index >= 15 is 0 Å². The molecule has 0 saturated heterocycles. The molecule has 78 valence electrons. The first kappa shape index (κ1) is 19.1. The van der Waals surface area contributed by atoms with Gasteiger partial charge in [0.1, 0.15) is 4.84 Å². The fourth-order valence-corrected chi connectivity index (χ4v) is 0. The van der Waals surface area contributed by atoms with Crippen molar-refractivity contribution >= 4 is 57.6 Å². The Balaban J connectivity index is -0.000000101. The number of hydrogen-bond donors (Lipinski definition) is 0. The van der Waals surface area contributed by atoms with E-state index in [4.69, 9.17) is 46.4 Å². The van der Waals surface area contributed by atoms with Crippen LogP contribution in [0.1, 0.15) is 6.92 Å². The Labute approximate surface area is 97.9 Å². The Hall–Kier alpha value is 1.47. The maximum absolute atomic E-state index is 9.56. The van der Waals surface area contributed by atoms with Gasteiger partial charge in [-0.25, -0.2) is 0 Å². The quantitative estimate of drug-likeness (QED) is 0.532. The molecule has 0 amide bonds. The summed E-state index contributed by atoms with van der Waals surface area (Å²) in [6.45, 7) is 1.70. The molecule has 0 bridgehead atoms. The van der Waals surface area contributed by atoms with Gasteiger partial charge in [0.2, 0.25) is 0 Å². The van der Waals surface area contributed by atoms with Gasteiger partial charge in [0.05, 0.1) is 12.5 Å². The highest BCUT2D eigenvalue weighted by Crippen LogP contribution is 1.95. The minimum Gasteiger partial charge on any atom is -0.617 e. The van der Waals surface area contributed by atoms with Crippen LogP contribution in [0, 0.1) is 0 Å². The van der Waals surface area contributed by atoms with E-state index in [1.54, 1.807) is 19.4 Å². The zero-order valence-corrected chi connectivity index (χ0v) is 11.2. The van der Waals surface area contributed by atoms with Gasteiger partial charge < -0.3 is 4.55 Å². The lowest BCUT2D eigenvalue weighted by Crippen LogP contribution is -1.86. The highest BCUT2D eigenvalue weighted by atomic mass is 35.5. The predicted octanol–water partition coefficient (Wildman–Crippen LogP) is 3.27. The minimum absolute atomic E-state index is 0.222. The zero-order chi connectivity index (χ0) is 10.6. The van der Waals surface area contributed by atoms with Crippen LogP contribution in [-0.4, -0.2) is 33.7 Å². The molecular weight excluding hydrogens is 262 g/mol. The molecule has 0 aliphatic rings. The Kier molecular flexibility index (Phi) is 29.1. The number of alkyl halides is 4. The van der Waals surface area contributed by atoms with Gasteiger partial charge in [-0.15, -0.1) is 46.4 Å². The SMILES string of the molecule is CC(Cl)Cl.C[S+](C)[O-].ClCCCl. The van der Waals surface area contributed by atoms with Gasteiger partial charge in [0.25, 0.3) is 0 Å². The molecule has 0 aromatic heterocycles. The summed E-state index contributed by atoms with van der Waals surface area (Å²) >= 11 is 19.6. The van der Waals surface area contributed by atoms with Gasteiger partial charge in [0, 0.05) is 11.8 Å². The fraction of sp³-hybridized carbons (Fsp3) is 1.00. The highest BCUT2D eigenvalue weighted by Gasteiger charge is 1.75. The summed E-state index contributed by atoms with van der Waals surface area (Å²) < 4.78 is 9.56. The van der Waals surface area contributed by atoms with Crippen molar-refractivity contribution in [3.63, 3.8) is 0 Å². The third-order valence-electron chi connectivity index (χ3n) is 0.0714. The van der Waals surface area contributed by atoms with E-state index in [1.807, 2.05) is 0 Å². The first-order valence-electron chi connectivity index (χ1n) is 3.03. The summed E-state index contributed by atoms with van der Waals surface area (Å²) in [5, 5.41) is 0. The molecule has 0 heterocycles. The van der Waals surface area contributed by atoms with E-state index in [9.17, 15) is 4.55 Å². The van der Waals surface area contributed by atoms with Crippen LogP contribution in [0.5, 0.6) is 0 Å². The number of rotatable bonds is 1. The average molecular weight is 276 g/mol. The van der Waals surface area contributed by atoms with Crippen LogP contribution in [0.15, 0.2) is 0 Å². The molecule has 0 fully saturated rings. The normalized spacial score (nSPS) is 8.50. The maximum atomic E-state index is 9.56. The van der Waals surface area contributed by atoms with Crippen molar-refractivity contribution < 1.29 is 4.55 Å². The van der Waals surface area contributed by atoms with Gasteiger partial charge in [-0.3, -0.25) is 0 Å². The Morgan fingerprint density at radius 2 is 1.25 bits per heavy atom. The van der Waals surface area contributed by atoms with Crippen molar-refractivity contribution in [3.8, 4) is 0 Å². The second-order valence-corrected chi connectivity index (χ2v) is 5.41. The molecule has 0 spiro atoms. The lowest BCUT2D eigenvalue weighted by Gasteiger charge is -1.87. The van der Waals surface area contributed by atoms with Crippen molar-refractivity contribution in [2.75, 3.05) is 24.3 Å². The molecule has 6 heteroatoms. The Morgan fingerprint density at radius 3 is 1.25 bits per heavy atom. The van der Waals surface area contributed by atoms with Crippen LogP contribution < -0.4 is 0 Å². The van der Waals surface area contributed by atoms with Crippen molar-refractivity contribution in [2.24, 2.45) is 0 Å². The minimum atomic E-state index is -0.611. The summed E-state index contributed by atoms with van der Waals surface area (Å²) in [4.78, 5) is -0.222. The molecule has 0 aromatic carbocycles. The third kappa shape index (κ3) is 206. The summed E-state index contributed by atoms with van der Waals surface area (Å²) in [7, 11) is 0. The van der Waals surface area contributed by atoms with Crippen LogP contribution in [0.2, 0.25) is 0 Å². The van der Waals surface area contributed by atoms with Gasteiger partial charge in [0.15, 0.2) is 0 Å². The largest absolute Gasteiger partial charge is 0.617 e. The summed E-state index contributed by atoms with van der Waals surface area (Å²) in [6, 6.07) is 0. The summed E-state index contributed by atoms with van der Waals surface area (Å²) in [5.41, 5.74) is 0. The molecule has 0 aromatic rings. The lowest BCUT2D eigenvalue weighted by atomic mass is 11.0. The molecular formula is C6H14Cl4OS. The molecule has 0 saturated carbocycles. The molecule has 1 nitrogen and oxygen atoms in total. The first-order valence-corrected chi connectivity index (χ1v) is 6.94. The third-order valence-corrected chi connectivity index (χ3v) is 0.643. The van der Waals surface area contributed by atoms with Crippen LogP contribution in [0.3, 0.4) is 0 Å². The highest BCUT2D eigenvalue weighted by molar-refractivity contribution is 7.89. The lowest BCUT2D eigenvalue weighted by molar-refractivity contribution is 0.606. The average Bonchev–Trinajstić information content (AvgIpc) is 1.85. The Morgan fingerprint density at radius 1 is 1.17 bits per heavy atom. The molecule has 0 aliphatic heterocycles. The van der Waals surface area contributed by atoms with Crippen LogP contribution in [0.4, 0.5) is 0 Å². The van der Waals surface area contributed by atoms with Gasteiger partial charge in [-0.05, 0) is 6.92 Å². The fourth-order valence-electron chi connectivity index (χ4n) is 0. The van der Waals surface area contributed by atoms with E-state index in [-0.39, 0.29) is 4.84 Å². The van der Waals surface area contributed by atoms with E-state index < -0.39 is 11.2 Å². The smallest absolute Gasteiger partial charge is 0.105 e. The van der Waals surface area contributed by atoms with Crippen LogP contribution in [-0.2, 0) is 11.2 Å². The molecule has 12 heavy (non-hydrogen) atoms. The first-order chi connectivity index (χ1) is 5.38. The molecule has 0 radical (unpaired) electrons. The van der Waals surface area contributed by atoms with Crippen molar-refractivity contribution in [2.45, 2.75) is 11.8 Å². The topological polar surface area (TPSA) is 23.1 Å². The second-order valence-electron chi connectivity index (χ2n) is 1.64. The standard InChI is InChI=1S/2C2H4Cl2.C2H6OS/c1-2(3)4;3-1-2-4;1-4(2)3/h2H,1H3;1-2H2;1-2H3. The Bertz CT molecular complexity index is 50.0. The molecule has 0 unspecified atom stereocenters. The predicted molar refractivity (Wildman–Crippen MR) is 62.6 cm³/mol. The maximum Gasteiger partial charge on any atom is 0.105 e. The van der Waals surface area contributed by atoms with Gasteiger partial charge in [-0.1, -0.05) is 11.2 Å². The van der Waals surface area contributed by atoms with Crippen molar-refractivity contribution in [1.29, 1.82) is 0 Å². The van der Waals surface area contributed by atoms with Gasteiger partial charge in [-0.2, -0.15) is 0 Å². The molecule has 0 N–H and O–H groups in total. The second kappa shape index (κ2) is 18.3. The summed E-state index contributed by atoms with van der Waals surface area (Å²) in [6.07, 6.45) is 3.28. The van der Waals surface area contributed by atoms with Crippen molar-refractivity contribution in [1.82, 2.24) is 0 Å². The van der Waals surface area contributed by atoms with E-state index in [2.05, 4.69) is 0 Å². The number of hydrogen-bond acceptors (Lipinski definition) is 1. The van der Waals surface area contributed by atoms with E-state index in [1.165, 1.54) is 0 Å². The zero-order valence-electron chi connectivity index (χ0n) is 7.32. The summed E-state index contributed by atoms with van der Waals surface area (Å²) in [5.74, 6) is 1.11. The van der Waals surface area contributed by atoms with Crippen molar-refractivity contribution in [3.05, 3.63) is 0 Å². The molecule has 0 atom stereocenters.